The van der Waals surface area contributed by atoms with Crippen molar-refractivity contribution >= 4 is 9.84 Å². The number of hydrogen-bond donors (Lipinski definition) is 1. The zero-order valence-electron chi connectivity index (χ0n) is 12.5. The quantitative estimate of drug-likeness (QED) is 0.933. The van der Waals surface area contributed by atoms with E-state index in [1.165, 1.54) is 37.7 Å². The molecule has 1 saturated carbocycles. The van der Waals surface area contributed by atoms with E-state index >= 15 is 0 Å². The average Bonchev–Trinajstić information content (AvgIpc) is 2.88. The highest BCUT2D eigenvalue weighted by Gasteiger charge is 2.32. The maximum atomic E-state index is 11.6. The highest BCUT2D eigenvalue weighted by atomic mass is 32.2. The Morgan fingerprint density at radius 2 is 1.67 bits per heavy atom. The smallest absolute Gasteiger partial charge is 0.150 e. The van der Waals surface area contributed by atoms with Crippen LogP contribution in [0, 0.1) is 5.92 Å². The molecule has 1 aliphatic carbocycles. The summed E-state index contributed by atoms with van der Waals surface area (Å²) >= 11 is 0. The van der Waals surface area contributed by atoms with Crippen molar-refractivity contribution in [1.29, 1.82) is 0 Å². The fraction of sp³-hybridized carbons (Fsp3) is 0.647. The third kappa shape index (κ3) is 3.49. The summed E-state index contributed by atoms with van der Waals surface area (Å²) < 4.78 is 23.2. The molecule has 1 saturated heterocycles. The van der Waals surface area contributed by atoms with Gasteiger partial charge in [-0.05, 0) is 42.2 Å². The number of nitrogens with two attached hydrogens (primary N) is 1. The molecule has 2 atom stereocenters. The normalized spacial score (nSPS) is 27.6. The van der Waals surface area contributed by atoms with Crippen molar-refractivity contribution in [3.63, 3.8) is 0 Å². The van der Waals surface area contributed by atoms with Crippen LogP contribution in [0.4, 0.5) is 0 Å². The molecular formula is C17H25NO2S. The van der Waals surface area contributed by atoms with E-state index in [0.29, 0.717) is 18.1 Å². The Hall–Kier alpha value is -0.870. The zero-order chi connectivity index (χ0) is 14.9. The van der Waals surface area contributed by atoms with Crippen LogP contribution in [0.25, 0.3) is 0 Å². The fourth-order valence-corrected chi connectivity index (χ4v) is 5.66. The van der Waals surface area contributed by atoms with Gasteiger partial charge in [-0.3, -0.25) is 0 Å². The topological polar surface area (TPSA) is 60.2 Å². The van der Waals surface area contributed by atoms with Gasteiger partial charge in [0.15, 0.2) is 9.84 Å². The second-order valence-electron chi connectivity index (χ2n) is 6.69. The molecule has 116 valence electrons. The molecule has 0 aromatic heterocycles. The van der Waals surface area contributed by atoms with Crippen LogP contribution >= 0.6 is 0 Å². The van der Waals surface area contributed by atoms with E-state index in [0.717, 1.165) is 5.56 Å². The standard InChI is InChI=1S/C17H25NO2S/c18-17(16-10-11-21(19,20)12-16)15-8-6-14(7-9-15)13-4-2-1-3-5-13/h6-9,13,16-17H,1-5,10-12,18H2. The number of benzene rings is 1. The average molecular weight is 307 g/mol. The lowest BCUT2D eigenvalue weighted by Gasteiger charge is -2.23. The molecule has 3 nitrogen and oxygen atoms in total. The van der Waals surface area contributed by atoms with Gasteiger partial charge in [0.1, 0.15) is 0 Å². The lowest BCUT2D eigenvalue weighted by molar-refractivity contribution is 0.443. The first-order valence-electron chi connectivity index (χ1n) is 8.11. The molecule has 2 aliphatic rings. The summed E-state index contributed by atoms with van der Waals surface area (Å²) in [6.45, 7) is 0. The van der Waals surface area contributed by atoms with Crippen molar-refractivity contribution in [1.82, 2.24) is 0 Å². The summed E-state index contributed by atoms with van der Waals surface area (Å²) in [4.78, 5) is 0. The fourth-order valence-electron chi connectivity index (χ4n) is 3.81. The minimum atomic E-state index is -2.85. The molecule has 21 heavy (non-hydrogen) atoms. The third-order valence-electron chi connectivity index (χ3n) is 5.17. The van der Waals surface area contributed by atoms with E-state index < -0.39 is 9.84 Å². The lowest BCUT2D eigenvalue weighted by atomic mass is 9.83. The molecule has 1 aliphatic heterocycles. The highest BCUT2D eigenvalue weighted by Crippen LogP contribution is 2.34. The molecule has 0 amide bonds. The maximum Gasteiger partial charge on any atom is 0.150 e. The minimum absolute atomic E-state index is 0.0792. The summed E-state index contributed by atoms with van der Waals surface area (Å²) in [6, 6.07) is 8.48. The van der Waals surface area contributed by atoms with E-state index in [1.54, 1.807) is 0 Å². The first-order chi connectivity index (χ1) is 10.1. The van der Waals surface area contributed by atoms with Crippen LogP contribution < -0.4 is 5.73 Å². The van der Waals surface area contributed by atoms with Crippen molar-refractivity contribution in [3.05, 3.63) is 35.4 Å². The molecule has 0 bridgehead atoms. The molecule has 2 N–H and O–H groups in total. The van der Waals surface area contributed by atoms with E-state index in [-0.39, 0.29) is 17.7 Å². The van der Waals surface area contributed by atoms with Gasteiger partial charge in [-0.15, -0.1) is 0 Å². The van der Waals surface area contributed by atoms with Crippen LogP contribution in [0.3, 0.4) is 0 Å². The molecule has 1 aromatic carbocycles. The van der Waals surface area contributed by atoms with E-state index in [1.807, 2.05) is 0 Å². The Kier molecular flexibility index (Phi) is 4.36. The van der Waals surface area contributed by atoms with Gasteiger partial charge in [0, 0.05) is 6.04 Å². The lowest BCUT2D eigenvalue weighted by Crippen LogP contribution is -2.22. The third-order valence-corrected chi connectivity index (χ3v) is 6.97. The van der Waals surface area contributed by atoms with Gasteiger partial charge in [-0.1, -0.05) is 43.5 Å². The summed E-state index contributed by atoms with van der Waals surface area (Å²) in [7, 11) is -2.85. The van der Waals surface area contributed by atoms with Gasteiger partial charge >= 0.3 is 0 Å². The molecule has 0 radical (unpaired) electrons. The summed E-state index contributed by atoms with van der Waals surface area (Å²) in [6.07, 6.45) is 7.35. The van der Waals surface area contributed by atoms with Gasteiger partial charge in [-0.25, -0.2) is 8.42 Å². The first-order valence-corrected chi connectivity index (χ1v) is 9.93. The van der Waals surface area contributed by atoms with E-state index in [2.05, 4.69) is 24.3 Å². The summed E-state index contributed by atoms with van der Waals surface area (Å²) in [5.41, 5.74) is 8.79. The second kappa shape index (κ2) is 6.09. The SMILES string of the molecule is NC(c1ccc(C2CCCCC2)cc1)C1CCS(=O)(=O)C1. The largest absolute Gasteiger partial charge is 0.324 e. The number of hydrogen-bond acceptors (Lipinski definition) is 3. The Labute approximate surface area is 127 Å². The monoisotopic (exact) mass is 307 g/mol. The Morgan fingerprint density at radius 1 is 1.00 bits per heavy atom. The van der Waals surface area contributed by atoms with Crippen LogP contribution in [0.1, 0.15) is 61.6 Å². The van der Waals surface area contributed by atoms with Crippen molar-refractivity contribution in [3.8, 4) is 0 Å². The van der Waals surface area contributed by atoms with Gasteiger partial charge in [-0.2, -0.15) is 0 Å². The van der Waals surface area contributed by atoms with Crippen molar-refractivity contribution in [2.45, 2.75) is 50.5 Å². The van der Waals surface area contributed by atoms with Crippen LogP contribution in [-0.4, -0.2) is 19.9 Å². The number of rotatable bonds is 3. The molecule has 2 unspecified atom stereocenters. The molecule has 1 aromatic rings. The van der Waals surface area contributed by atoms with Crippen LogP contribution in [-0.2, 0) is 9.84 Å². The van der Waals surface area contributed by atoms with Crippen molar-refractivity contribution in [2.24, 2.45) is 11.7 Å². The van der Waals surface area contributed by atoms with Crippen molar-refractivity contribution < 1.29 is 8.42 Å². The van der Waals surface area contributed by atoms with Crippen LogP contribution in [0.2, 0.25) is 0 Å². The van der Waals surface area contributed by atoms with Gasteiger partial charge in [0.05, 0.1) is 11.5 Å². The molecule has 4 heteroatoms. The van der Waals surface area contributed by atoms with E-state index in [4.69, 9.17) is 5.73 Å². The first kappa shape index (κ1) is 15.0. The Bertz CT molecular complexity index is 573. The molecule has 1 heterocycles. The van der Waals surface area contributed by atoms with Gasteiger partial charge in [0.2, 0.25) is 0 Å². The maximum absolute atomic E-state index is 11.6. The minimum Gasteiger partial charge on any atom is -0.324 e. The predicted octanol–water partition coefficient (Wildman–Crippen LogP) is 3.17. The number of sulfone groups is 1. The molecule has 2 fully saturated rings. The van der Waals surface area contributed by atoms with Gasteiger partial charge in [0.25, 0.3) is 0 Å². The van der Waals surface area contributed by atoms with E-state index in [9.17, 15) is 8.42 Å². The highest BCUT2D eigenvalue weighted by molar-refractivity contribution is 7.91. The second-order valence-corrected chi connectivity index (χ2v) is 8.92. The summed E-state index contributed by atoms with van der Waals surface area (Å²) in [5, 5.41) is 0. The van der Waals surface area contributed by atoms with Gasteiger partial charge < -0.3 is 5.73 Å². The van der Waals surface area contributed by atoms with Crippen LogP contribution in [0.5, 0.6) is 0 Å². The Balaban J connectivity index is 1.69. The summed E-state index contributed by atoms with van der Waals surface area (Å²) in [5.74, 6) is 1.33. The van der Waals surface area contributed by atoms with Crippen LogP contribution in [0.15, 0.2) is 24.3 Å². The molecule has 3 rings (SSSR count). The predicted molar refractivity (Wildman–Crippen MR) is 86.0 cm³/mol. The van der Waals surface area contributed by atoms with Crippen molar-refractivity contribution in [2.75, 3.05) is 11.5 Å². The zero-order valence-corrected chi connectivity index (χ0v) is 13.3. The molecule has 0 spiro atoms. The molecular weight excluding hydrogens is 282 g/mol. The Morgan fingerprint density at radius 3 is 2.24 bits per heavy atom.